The van der Waals surface area contributed by atoms with Crippen LogP contribution in [0.1, 0.15) is 46.6 Å². The van der Waals surface area contributed by atoms with Gasteiger partial charge in [0.15, 0.2) is 11.7 Å². The summed E-state index contributed by atoms with van der Waals surface area (Å²) in [6, 6.07) is 14.3. The number of carbonyl (C=O) groups is 1. The van der Waals surface area contributed by atoms with Crippen LogP contribution >= 0.6 is 0 Å². The highest BCUT2D eigenvalue weighted by Gasteiger charge is 2.46. The van der Waals surface area contributed by atoms with Crippen molar-refractivity contribution in [3.8, 4) is 11.5 Å². The SMILES string of the molecule is CN(C(=O)c1nc(-c2ccccc2)oc1C1CC1)C(c1ccccc1)C(F)(F)F. The fraction of sp³-hybridized carbons (Fsp3) is 0.273. The summed E-state index contributed by atoms with van der Waals surface area (Å²) in [6.45, 7) is 0. The zero-order chi connectivity index (χ0) is 20.6. The summed E-state index contributed by atoms with van der Waals surface area (Å²) in [6.07, 6.45) is -2.97. The Morgan fingerprint density at radius 1 is 1.07 bits per heavy atom. The predicted molar refractivity (Wildman–Crippen MR) is 101 cm³/mol. The number of rotatable bonds is 5. The van der Waals surface area contributed by atoms with E-state index in [1.807, 2.05) is 6.07 Å². The van der Waals surface area contributed by atoms with Gasteiger partial charge < -0.3 is 9.32 Å². The highest BCUT2D eigenvalue weighted by molar-refractivity contribution is 5.94. The molecule has 0 aliphatic heterocycles. The van der Waals surface area contributed by atoms with Crippen molar-refractivity contribution in [1.82, 2.24) is 9.88 Å². The fourth-order valence-corrected chi connectivity index (χ4v) is 3.36. The van der Waals surface area contributed by atoms with Crippen LogP contribution in [0.4, 0.5) is 13.2 Å². The molecule has 1 aliphatic carbocycles. The number of hydrogen-bond acceptors (Lipinski definition) is 3. The fourth-order valence-electron chi connectivity index (χ4n) is 3.36. The van der Waals surface area contributed by atoms with E-state index in [4.69, 9.17) is 4.42 Å². The van der Waals surface area contributed by atoms with E-state index in [0.717, 1.165) is 19.9 Å². The van der Waals surface area contributed by atoms with Gasteiger partial charge in [-0.15, -0.1) is 0 Å². The third kappa shape index (κ3) is 3.90. The molecule has 4 nitrogen and oxygen atoms in total. The Bertz CT molecular complexity index is 996. The average Bonchev–Trinajstić information content (AvgIpc) is 3.46. The highest BCUT2D eigenvalue weighted by atomic mass is 19.4. The van der Waals surface area contributed by atoms with Crippen LogP contribution in [0.2, 0.25) is 0 Å². The first-order valence-electron chi connectivity index (χ1n) is 9.31. The molecule has 7 heteroatoms. The summed E-state index contributed by atoms with van der Waals surface area (Å²) in [5.41, 5.74) is 0.626. The van der Waals surface area contributed by atoms with Gasteiger partial charge >= 0.3 is 6.18 Å². The van der Waals surface area contributed by atoms with E-state index < -0.39 is 18.1 Å². The Morgan fingerprint density at radius 3 is 2.21 bits per heavy atom. The average molecular weight is 400 g/mol. The standard InChI is InChI=1S/C22H19F3N2O2/c1-27(19(22(23,24)25)15-8-4-2-5-9-15)21(28)17-18(14-12-13-14)29-20(26-17)16-10-6-3-7-11-16/h2-11,14,19H,12-13H2,1H3. The first-order valence-corrected chi connectivity index (χ1v) is 9.31. The number of aromatic nitrogens is 1. The molecule has 3 aromatic rings. The van der Waals surface area contributed by atoms with Crippen LogP contribution in [-0.4, -0.2) is 29.0 Å². The maximum absolute atomic E-state index is 13.8. The first kappa shape index (κ1) is 19.2. The Hall–Kier alpha value is -3.09. The van der Waals surface area contributed by atoms with Crippen molar-refractivity contribution in [2.24, 2.45) is 0 Å². The number of alkyl halides is 3. The molecule has 0 radical (unpaired) electrons. The van der Waals surface area contributed by atoms with Crippen molar-refractivity contribution in [3.05, 3.63) is 77.7 Å². The molecule has 0 bridgehead atoms. The van der Waals surface area contributed by atoms with Crippen LogP contribution in [-0.2, 0) is 0 Å². The molecular formula is C22H19F3N2O2. The first-order chi connectivity index (χ1) is 13.9. The lowest BCUT2D eigenvalue weighted by molar-refractivity contribution is -0.176. The molecule has 2 aromatic carbocycles. The summed E-state index contributed by atoms with van der Waals surface area (Å²) in [5.74, 6) is -0.167. The number of halogens is 3. The molecule has 1 aromatic heterocycles. The van der Waals surface area contributed by atoms with Crippen LogP contribution in [0.15, 0.2) is 65.1 Å². The predicted octanol–water partition coefficient (Wildman–Crippen LogP) is 5.59. The second-order valence-corrected chi connectivity index (χ2v) is 7.14. The molecule has 1 saturated carbocycles. The van der Waals surface area contributed by atoms with Gasteiger partial charge in [-0.25, -0.2) is 4.98 Å². The Morgan fingerprint density at radius 2 is 1.66 bits per heavy atom. The summed E-state index contributed by atoms with van der Waals surface area (Å²) in [5, 5.41) is 0. The number of amides is 1. The number of carbonyl (C=O) groups excluding carboxylic acids is 1. The van der Waals surface area contributed by atoms with Gasteiger partial charge in [0.1, 0.15) is 5.76 Å². The molecule has 0 N–H and O–H groups in total. The number of benzene rings is 2. The second kappa shape index (κ2) is 7.39. The molecule has 0 spiro atoms. The minimum Gasteiger partial charge on any atom is -0.440 e. The van der Waals surface area contributed by atoms with Crippen molar-refractivity contribution >= 4 is 5.91 Å². The lowest BCUT2D eigenvalue weighted by atomic mass is 10.0. The van der Waals surface area contributed by atoms with E-state index in [-0.39, 0.29) is 23.1 Å². The topological polar surface area (TPSA) is 46.3 Å². The van der Waals surface area contributed by atoms with Crippen molar-refractivity contribution in [3.63, 3.8) is 0 Å². The third-order valence-corrected chi connectivity index (χ3v) is 4.96. The van der Waals surface area contributed by atoms with Gasteiger partial charge in [0.05, 0.1) is 0 Å². The zero-order valence-corrected chi connectivity index (χ0v) is 15.7. The maximum atomic E-state index is 13.8. The van der Waals surface area contributed by atoms with E-state index >= 15 is 0 Å². The van der Waals surface area contributed by atoms with E-state index in [1.54, 1.807) is 30.3 Å². The van der Waals surface area contributed by atoms with Crippen molar-refractivity contribution in [2.45, 2.75) is 31.0 Å². The van der Waals surface area contributed by atoms with Crippen LogP contribution < -0.4 is 0 Å². The van der Waals surface area contributed by atoms with Crippen molar-refractivity contribution < 1.29 is 22.4 Å². The monoisotopic (exact) mass is 400 g/mol. The van der Waals surface area contributed by atoms with Gasteiger partial charge in [-0.3, -0.25) is 4.79 Å². The summed E-state index contributed by atoms with van der Waals surface area (Å²) in [4.78, 5) is 18.1. The summed E-state index contributed by atoms with van der Waals surface area (Å²) < 4.78 is 47.3. The molecule has 150 valence electrons. The smallest absolute Gasteiger partial charge is 0.413 e. The van der Waals surface area contributed by atoms with E-state index in [0.29, 0.717) is 16.2 Å². The molecule has 1 atom stereocenters. The molecule has 1 amide bonds. The molecule has 4 rings (SSSR count). The van der Waals surface area contributed by atoms with Gasteiger partial charge in [-0.05, 0) is 30.5 Å². The maximum Gasteiger partial charge on any atom is 0.413 e. The molecule has 1 unspecified atom stereocenters. The number of nitrogens with zero attached hydrogens (tertiary/aromatic N) is 2. The number of hydrogen-bond donors (Lipinski definition) is 0. The Labute approximate surface area is 166 Å². The van der Waals surface area contributed by atoms with Gasteiger partial charge in [0.25, 0.3) is 5.91 Å². The van der Waals surface area contributed by atoms with Gasteiger partial charge in [-0.2, -0.15) is 13.2 Å². The number of oxazole rings is 1. The van der Waals surface area contributed by atoms with Crippen LogP contribution in [0.25, 0.3) is 11.5 Å². The molecule has 0 saturated heterocycles. The van der Waals surface area contributed by atoms with Crippen molar-refractivity contribution in [2.75, 3.05) is 7.05 Å². The van der Waals surface area contributed by atoms with E-state index in [2.05, 4.69) is 4.98 Å². The lowest BCUT2D eigenvalue weighted by Crippen LogP contribution is -2.40. The van der Waals surface area contributed by atoms with Crippen LogP contribution in [0.5, 0.6) is 0 Å². The lowest BCUT2D eigenvalue weighted by Gasteiger charge is -2.30. The highest BCUT2D eigenvalue weighted by Crippen LogP contribution is 2.44. The summed E-state index contributed by atoms with van der Waals surface area (Å²) >= 11 is 0. The van der Waals surface area contributed by atoms with Gasteiger partial charge in [0.2, 0.25) is 5.89 Å². The Kier molecular flexibility index (Phi) is 4.90. The van der Waals surface area contributed by atoms with Gasteiger partial charge in [0, 0.05) is 18.5 Å². The quantitative estimate of drug-likeness (QED) is 0.561. The largest absolute Gasteiger partial charge is 0.440 e. The molecule has 1 fully saturated rings. The molecular weight excluding hydrogens is 381 g/mol. The molecule has 1 aliphatic rings. The molecule has 29 heavy (non-hydrogen) atoms. The van der Waals surface area contributed by atoms with Crippen LogP contribution in [0.3, 0.4) is 0 Å². The zero-order valence-electron chi connectivity index (χ0n) is 15.7. The van der Waals surface area contributed by atoms with Crippen LogP contribution in [0, 0.1) is 0 Å². The molecule has 1 heterocycles. The summed E-state index contributed by atoms with van der Waals surface area (Å²) in [7, 11) is 1.15. The normalized spacial score (nSPS) is 15.2. The van der Waals surface area contributed by atoms with E-state index in [9.17, 15) is 18.0 Å². The third-order valence-electron chi connectivity index (χ3n) is 4.96. The second-order valence-electron chi connectivity index (χ2n) is 7.14. The Balaban J connectivity index is 1.72. The minimum atomic E-state index is -4.63. The van der Waals surface area contributed by atoms with Crippen molar-refractivity contribution in [1.29, 1.82) is 0 Å². The van der Waals surface area contributed by atoms with E-state index in [1.165, 1.54) is 24.3 Å². The minimum absolute atomic E-state index is 0.00407. The van der Waals surface area contributed by atoms with Gasteiger partial charge in [-0.1, -0.05) is 48.5 Å².